The average Bonchev–Trinajstić information content (AvgIpc) is 2.62. The van der Waals surface area contributed by atoms with E-state index in [4.69, 9.17) is 4.98 Å². The van der Waals surface area contributed by atoms with E-state index in [9.17, 15) is 5.11 Å². The zero-order valence-corrected chi connectivity index (χ0v) is 12.4. The summed E-state index contributed by atoms with van der Waals surface area (Å²) in [5.41, 5.74) is 3.21. The molecule has 106 valence electrons. The Morgan fingerprint density at radius 3 is 2.79 bits per heavy atom. The molecule has 0 radical (unpaired) electrons. The summed E-state index contributed by atoms with van der Waals surface area (Å²) in [6.07, 6.45) is 6.26. The van der Waals surface area contributed by atoms with Crippen molar-refractivity contribution in [1.82, 2.24) is 4.98 Å². The van der Waals surface area contributed by atoms with Crippen molar-refractivity contribution in [3.05, 3.63) is 22.9 Å². The van der Waals surface area contributed by atoms with Gasteiger partial charge in [0.2, 0.25) is 0 Å². The van der Waals surface area contributed by atoms with Crippen molar-refractivity contribution in [3.8, 4) is 0 Å². The number of aryl methyl sites for hydroxylation is 2. The normalized spacial score (nSPS) is 20.4. The van der Waals surface area contributed by atoms with Gasteiger partial charge in [0.1, 0.15) is 5.82 Å². The van der Waals surface area contributed by atoms with Crippen LogP contribution in [-0.4, -0.2) is 22.7 Å². The summed E-state index contributed by atoms with van der Waals surface area (Å²) in [5, 5.41) is 9.68. The Kier molecular flexibility index (Phi) is 4.81. The fraction of sp³-hybridized carbons (Fsp3) is 0.688. The molecular formula is C16H26N2O. The molecule has 1 aliphatic rings. The molecule has 0 saturated carbocycles. The summed E-state index contributed by atoms with van der Waals surface area (Å²) in [7, 11) is 0. The lowest BCUT2D eigenvalue weighted by Gasteiger charge is -2.32. The number of hydrogen-bond acceptors (Lipinski definition) is 3. The van der Waals surface area contributed by atoms with E-state index >= 15 is 0 Å². The van der Waals surface area contributed by atoms with E-state index in [1.807, 2.05) is 6.92 Å². The highest BCUT2D eigenvalue weighted by Gasteiger charge is 2.23. The lowest BCUT2D eigenvalue weighted by atomic mass is 10.1. The lowest BCUT2D eigenvalue weighted by Crippen LogP contribution is -2.36. The topological polar surface area (TPSA) is 36.4 Å². The number of pyridine rings is 1. The molecule has 0 spiro atoms. The van der Waals surface area contributed by atoms with E-state index in [2.05, 4.69) is 24.8 Å². The molecule has 1 saturated heterocycles. The summed E-state index contributed by atoms with van der Waals surface area (Å²) in [4.78, 5) is 7.18. The zero-order valence-electron chi connectivity index (χ0n) is 12.4. The Bertz CT molecular complexity index is 431. The van der Waals surface area contributed by atoms with Crippen molar-refractivity contribution in [3.63, 3.8) is 0 Å². The minimum Gasteiger partial charge on any atom is -0.392 e. The second-order valence-electron chi connectivity index (χ2n) is 5.65. The van der Waals surface area contributed by atoms with Gasteiger partial charge in [0, 0.05) is 23.8 Å². The van der Waals surface area contributed by atoms with Gasteiger partial charge in [0.15, 0.2) is 0 Å². The highest BCUT2D eigenvalue weighted by Crippen LogP contribution is 2.29. The largest absolute Gasteiger partial charge is 0.392 e. The van der Waals surface area contributed by atoms with Gasteiger partial charge in [-0.2, -0.15) is 0 Å². The summed E-state index contributed by atoms with van der Waals surface area (Å²) in [6, 6.07) is 2.63. The van der Waals surface area contributed by atoms with Crippen LogP contribution in [0.1, 0.15) is 55.8 Å². The molecule has 1 atom stereocenters. The summed E-state index contributed by atoms with van der Waals surface area (Å²) in [5.74, 6) is 1.02. The van der Waals surface area contributed by atoms with Gasteiger partial charge < -0.3 is 10.0 Å². The number of hydrogen-bond donors (Lipinski definition) is 1. The third-order valence-electron chi connectivity index (χ3n) is 4.23. The molecule has 0 aliphatic carbocycles. The predicted octanol–water partition coefficient (Wildman–Crippen LogP) is 3.35. The highest BCUT2D eigenvalue weighted by atomic mass is 16.3. The molecule has 1 aromatic rings. The monoisotopic (exact) mass is 262 g/mol. The van der Waals surface area contributed by atoms with Gasteiger partial charge in [-0.05, 0) is 44.7 Å². The molecule has 1 unspecified atom stereocenters. The van der Waals surface area contributed by atoms with Crippen molar-refractivity contribution >= 4 is 5.82 Å². The first-order chi connectivity index (χ1) is 9.17. The number of aromatic nitrogens is 1. The van der Waals surface area contributed by atoms with E-state index in [1.54, 1.807) is 0 Å². The van der Waals surface area contributed by atoms with Crippen LogP contribution in [0.3, 0.4) is 0 Å². The van der Waals surface area contributed by atoms with E-state index < -0.39 is 0 Å². The molecule has 1 N–H and O–H groups in total. The molecule has 3 nitrogen and oxygen atoms in total. The number of anilines is 1. The van der Waals surface area contributed by atoms with Crippen LogP contribution in [0.4, 0.5) is 5.82 Å². The second kappa shape index (κ2) is 6.38. The second-order valence-corrected chi connectivity index (χ2v) is 5.65. The fourth-order valence-corrected chi connectivity index (χ4v) is 3.16. The Labute approximate surface area is 116 Å². The molecule has 19 heavy (non-hydrogen) atoms. The maximum atomic E-state index is 9.68. The van der Waals surface area contributed by atoms with E-state index in [-0.39, 0.29) is 6.61 Å². The van der Waals surface area contributed by atoms with Crippen LogP contribution in [0.5, 0.6) is 0 Å². The number of nitrogens with zero attached hydrogens (tertiary/aromatic N) is 2. The first-order valence-electron chi connectivity index (χ1n) is 7.52. The Morgan fingerprint density at radius 1 is 1.32 bits per heavy atom. The number of aliphatic hydroxyl groups excluding tert-OH is 1. The van der Waals surface area contributed by atoms with Crippen molar-refractivity contribution in [2.24, 2.45) is 0 Å². The van der Waals surface area contributed by atoms with Gasteiger partial charge in [0.05, 0.1) is 6.61 Å². The van der Waals surface area contributed by atoms with Gasteiger partial charge in [-0.3, -0.25) is 0 Å². The number of rotatable bonds is 3. The third kappa shape index (κ3) is 3.08. The molecular weight excluding hydrogens is 236 g/mol. The summed E-state index contributed by atoms with van der Waals surface area (Å²) in [6.45, 7) is 7.52. The fourth-order valence-electron chi connectivity index (χ4n) is 3.16. The van der Waals surface area contributed by atoms with Crippen LogP contribution >= 0.6 is 0 Å². The van der Waals surface area contributed by atoms with Crippen molar-refractivity contribution in [2.75, 3.05) is 11.4 Å². The van der Waals surface area contributed by atoms with E-state index in [1.165, 1.54) is 25.7 Å². The minimum absolute atomic E-state index is 0.0847. The molecule has 2 rings (SSSR count). The average molecular weight is 262 g/mol. The van der Waals surface area contributed by atoms with E-state index in [0.717, 1.165) is 35.6 Å². The van der Waals surface area contributed by atoms with Crippen LogP contribution in [-0.2, 0) is 6.61 Å². The summed E-state index contributed by atoms with van der Waals surface area (Å²) >= 11 is 0. The smallest absolute Gasteiger partial charge is 0.134 e. The van der Waals surface area contributed by atoms with Crippen LogP contribution in [0, 0.1) is 13.8 Å². The SMILES string of the molecule is CCC1CCCCCN1c1nc(C)cc(C)c1CO. The van der Waals surface area contributed by atoms with Crippen LogP contribution < -0.4 is 4.90 Å². The van der Waals surface area contributed by atoms with Gasteiger partial charge in [0.25, 0.3) is 0 Å². The van der Waals surface area contributed by atoms with Crippen LogP contribution in [0.15, 0.2) is 6.07 Å². The van der Waals surface area contributed by atoms with Gasteiger partial charge in [-0.15, -0.1) is 0 Å². The predicted molar refractivity (Wildman–Crippen MR) is 79.5 cm³/mol. The number of aliphatic hydroxyl groups is 1. The Hall–Kier alpha value is -1.09. The van der Waals surface area contributed by atoms with Crippen LogP contribution in [0.25, 0.3) is 0 Å². The minimum atomic E-state index is 0.0847. The molecule has 1 aliphatic heterocycles. The van der Waals surface area contributed by atoms with Gasteiger partial charge >= 0.3 is 0 Å². The van der Waals surface area contributed by atoms with Crippen LogP contribution in [0.2, 0.25) is 0 Å². The van der Waals surface area contributed by atoms with Gasteiger partial charge in [-0.25, -0.2) is 4.98 Å². The van der Waals surface area contributed by atoms with Crippen molar-refractivity contribution in [1.29, 1.82) is 0 Å². The molecule has 3 heteroatoms. The Balaban J connectivity index is 2.42. The third-order valence-corrected chi connectivity index (χ3v) is 4.23. The van der Waals surface area contributed by atoms with Crippen molar-refractivity contribution in [2.45, 2.75) is 65.5 Å². The van der Waals surface area contributed by atoms with Crippen molar-refractivity contribution < 1.29 is 5.11 Å². The quantitative estimate of drug-likeness (QED) is 0.907. The molecule has 0 amide bonds. The molecule has 1 fully saturated rings. The first-order valence-corrected chi connectivity index (χ1v) is 7.52. The lowest BCUT2D eigenvalue weighted by molar-refractivity contribution is 0.280. The highest BCUT2D eigenvalue weighted by molar-refractivity contribution is 5.52. The molecule has 1 aromatic heterocycles. The maximum Gasteiger partial charge on any atom is 0.134 e. The molecule has 0 aromatic carbocycles. The molecule has 2 heterocycles. The van der Waals surface area contributed by atoms with E-state index in [0.29, 0.717) is 6.04 Å². The first kappa shape index (κ1) is 14.3. The maximum absolute atomic E-state index is 9.68. The standard InChI is InChI=1S/C16H26N2O/c1-4-14-8-6-5-7-9-18(14)16-15(11-19)12(2)10-13(3)17-16/h10,14,19H,4-9,11H2,1-3H3. The van der Waals surface area contributed by atoms with Gasteiger partial charge in [-0.1, -0.05) is 19.8 Å². The Morgan fingerprint density at radius 2 is 2.11 bits per heavy atom. The zero-order chi connectivity index (χ0) is 13.8. The summed E-state index contributed by atoms with van der Waals surface area (Å²) < 4.78 is 0. The molecule has 0 bridgehead atoms.